The number of carbonyl (C=O) groups excluding carboxylic acids is 1. The van der Waals surface area contributed by atoms with E-state index in [-0.39, 0.29) is 5.91 Å². The SMILES string of the molecule is NNC(=O)c1c[nH]c2c(Br)cncc12. The summed E-state index contributed by atoms with van der Waals surface area (Å²) >= 11 is 3.32. The lowest BCUT2D eigenvalue weighted by Gasteiger charge is -1.96. The van der Waals surface area contributed by atoms with Crippen molar-refractivity contribution in [3.05, 3.63) is 28.6 Å². The van der Waals surface area contributed by atoms with Crippen LogP contribution < -0.4 is 11.3 Å². The topological polar surface area (TPSA) is 83.8 Å². The van der Waals surface area contributed by atoms with Gasteiger partial charge in [-0.25, -0.2) is 5.84 Å². The van der Waals surface area contributed by atoms with Crippen LogP contribution in [0.25, 0.3) is 10.9 Å². The number of hydrazine groups is 1. The molecule has 2 heterocycles. The molecule has 0 fully saturated rings. The minimum atomic E-state index is -0.337. The van der Waals surface area contributed by atoms with Crippen molar-refractivity contribution in [3.8, 4) is 0 Å². The van der Waals surface area contributed by atoms with Crippen LogP contribution in [0.3, 0.4) is 0 Å². The molecule has 14 heavy (non-hydrogen) atoms. The van der Waals surface area contributed by atoms with Crippen LogP contribution >= 0.6 is 15.9 Å². The summed E-state index contributed by atoms with van der Waals surface area (Å²) in [7, 11) is 0. The minimum absolute atomic E-state index is 0.337. The van der Waals surface area contributed by atoms with Gasteiger partial charge in [0.2, 0.25) is 0 Å². The molecule has 6 heteroatoms. The van der Waals surface area contributed by atoms with Gasteiger partial charge in [0.15, 0.2) is 0 Å². The van der Waals surface area contributed by atoms with Crippen LogP contribution in [-0.4, -0.2) is 15.9 Å². The lowest BCUT2D eigenvalue weighted by atomic mass is 10.2. The Hall–Kier alpha value is -1.40. The fraction of sp³-hybridized carbons (Fsp3) is 0. The molecule has 2 rings (SSSR count). The number of aromatic amines is 1. The van der Waals surface area contributed by atoms with Gasteiger partial charge in [0.1, 0.15) is 0 Å². The Kier molecular flexibility index (Phi) is 2.22. The maximum absolute atomic E-state index is 11.3. The van der Waals surface area contributed by atoms with Crippen LogP contribution in [0.2, 0.25) is 0 Å². The standard InChI is InChI=1S/C8H7BrN4O/c9-6-3-11-1-4-5(8(14)13-10)2-12-7(4)6/h1-3,12H,10H2,(H,13,14). The van der Waals surface area contributed by atoms with E-state index < -0.39 is 0 Å². The summed E-state index contributed by atoms with van der Waals surface area (Å²) in [6, 6.07) is 0. The van der Waals surface area contributed by atoms with Crippen LogP contribution in [0.5, 0.6) is 0 Å². The summed E-state index contributed by atoms with van der Waals surface area (Å²) in [6.07, 6.45) is 4.86. The first kappa shape index (κ1) is 9.17. The van der Waals surface area contributed by atoms with E-state index in [2.05, 4.69) is 31.3 Å². The maximum atomic E-state index is 11.3. The number of H-pyrrole nitrogens is 1. The van der Waals surface area contributed by atoms with Gasteiger partial charge in [-0.1, -0.05) is 0 Å². The number of nitrogens with one attached hydrogen (secondary N) is 2. The average Bonchev–Trinajstić information content (AvgIpc) is 2.62. The number of rotatable bonds is 1. The van der Waals surface area contributed by atoms with E-state index in [0.29, 0.717) is 5.56 Å². The molecule has 0 radical (unpaired) electrons. The fourth-order valence-electron chi connectivity index (χ4n) is 1.27. The average molecular weight is 255 g/mol. The molecular formula is C8H7BrN4O. The summed E-state index contributed by atoms with van der Waals surface area (Å²) in [5, 5.41) is 0.738. The molecule has 0 aliphatic carbocycles. The van der Waals surface area contributed by atoms with Crippen molar-refractivity contribution in [2.75, 3.05) is 0 Å². The van der Waals surface area contributed by atoms with Gasteiger partial charge < -0.3 is 4.98 Å². The molecule has 0 aliphatic rings. The number of hydrogen-bond acceptors (Lipinski definition) is 3. The van der Waals surface area contributed by atoms with E-state index in [4.69, 9.17) is 5.84 Å². The number of hydrogen-bond donors (Lipinski definition) is 3. The van der Waals surface area contributed by atoms with Gasteiger partial charge in [0, 0.05) is 24.0 Å². The molecule has 0 saturated heterocycles. The van der Waals surface area contributed by atoms with Gasteiger partial charge in [-0.2, -0.15) is 0 Å². The summed E-state index contributed by atoms with van der Waals surface area (Å²) in [5.74, 6) is 4.71. The second-order valence-electron chi connectivity index (χ2n) is 2.72. The summed E-state index contributed by atoms with van der Waals surface area (Å²) < 4.78 is 0.811. The Labute approximate surface area is 87.8 Å². The fourth-order valence-corrected chi connectivity index (χ4v) is 1.72. The van der Waals surface area contributed by atoms with Crippen molar-refractivity contribution in [1.29, 1.82) is 0 Å². The number of pyridine rings is 1. The van der Waals surface area contributed by atoms with Crippen LogP contribution in [-0.2, 0) is 0 Å². The zero-order chi connectivity index (χ0) is 10.1. The Morgan fingerprint density at radius 3 is 3.07 bits per heavy atom. The monoisotopic (exact) mass is 254 g/mol. The highest BCUT2D eigenvalue weighted by Gasteiger charge is 2.11. The highest BCUT2D eigenvalue weighted by Crippen LogP contribution is 2.23. The van der Waals surface area contributed by atoms with Gasteiger partial charge >= 0.3 is 0 Å². The Morgan fingerprint density at radius 1 is 1.57 bits per heavy atom. The molecule has 0 unspecified atom stereocenters. The highest BCUT2D eigenvalue weighted by molar-refractivity contribution is 9.10. The van der Waals surface area contributed by atoms with Crippen molar-refractivity contribution < 1.29 is 4.79 Å². The third kappa shape index (κ3) is 1.28. The van der Waals surface area contributed by atoms with E-state index in [1.165, 1.54) is 0 Å². The largest absolute Gasteiger partial charge is 0.359 e. The molecule has 0 aliphatic heterocycles. The van der Waals surface area contributed by atoms with Crippen molar-refractivity contribution in [1.82, 2.24) is 15.4 Å². The third-order valence-electron chi connectivity index (χ3n) is 1.93. The molecular weight excluding hydrogens is 248 g/mol. The molecule has 0 atom stereocenters. The lowest BCUT2D eigenvalue weighted by Crippen LogP contribution is -2.29. The zero-order valence-corrected chi connectivity index (χ0v) is 8.63. The molecule has 2 aromatic heterocycles. The van der Waals surface area contributed by atoms with Gasteiger partial charge in [0.05, 0.1) is 15.6 Å². The molecule has 72 valence electrons. The summed E-state index contributed by atoms with van der Waals surface area (Å²) in [6.45, 7) is 0. The molecule has 0 saturated carbocycles. The number of fused-ring (bicyclic) bond motifs is 1. The summed E-state index contributed by atoms with van der Waals surface area (Å²) in [5.41, 5.74) is 3.39. The Morgan fingerprint density at radius 2 is 2.36 bits per heavy atom. The predicted molar refractivity (Wildman–Crippen MR) is 55.4 cm³/mol. The molecule has 4 N–H and O–H groups in total. The van der Waals surface area contributed by atoms with Crippen molar-refractivity contribution in [2.24, 2.45) is 5.84 Å². The summed E-state index contributed by atoms with van der Waals surface area (Å²) in [4.78, 5) is 18.2. The van der Waals surface area contributed by atoms with E-state index in [1.54, 1.807) is 18.6 Å². The second kappa shape index (κ2) is 3.39. The van der Waals surface area contributed by atoms with E-state index >= 15 is 0 Å². The van der Waals surface area contributed by atoms with Crippen LogP contribution in [0.1, 0.15) is 10.4 Å². The molecule has 0 spiro atoms. The second-order valence-corrected chi connectivity index (χ2v) is 3.57. The van der Waals surface area contributed by atoms with Crippen molar-refractivity contribution >= 4 is 32.7 Å². The van der Waals surface area contributed by atoms with Crippen molar-refractivity contribution in [2.45, 2.75) is 0 Å². The first-order chi connectivity index (χ1) is 6.74. The lowest BCUT2D eigenvalue weighted by molar-refractivity contribution is 0.0955. The van der Waals surface area contributed by atoms with Crippen LogP contribution in [0, 0.1) is 0 Å². The van der Waals surface area contributed by atoms with Crippen molar-refractivity contribution in [3.63, 3.8) is 0 Å². The van der Waals surface area contributed by atoms with Gasteiger partial charge in [-0.3, -0.25) is 15.2 Å². The Bertz CT molecular complexity index is 493. The maximum Gasteiger partial charge on any atom is 0.267 e. The highest BCUT2D eigenvalue weighted by atomic mass is 79.9. The smallest absolute Gasteiger partial charge is 0.267 e. The van der Waals surface area contributed by atoms with E-state index in [1.807, 2.05) is 0 Å². The Balaban J connectivity index is 2.70. The number of nitrogen functional groups attached to an aromatic ring is 1. The van der Waals surface area contributed by atoms with Gasteiger partial charge in [-0.15, -0.1) is 0 Å². The number of aromatic nitrogens is 2. The molecule has 0 bridgehead atoms. The number of halogens is 1. The molecule has 1 amide bonds. The van der Waals surface area contributed by atoms with E-state index in [9.17, 15) is 4.79 Å². The minimum Gasteiger partial charge on any atom is -0.359 e. The quantitative estimate of drug-likeness (QED) is 0.402. The number of nitrogens with zero attached hydrogens (tertiary/aromatic N) is 1. The zero-order valence-electron chi connectivity index (χ0n) is 7.04. The molecule has 0 aromatic carbocycles. The first-order valence-electron chi connectivity index (χ1n) is 3.85. The van der Waals surface area contributed by atoms with Gasteiger partial charge in [0.25, 0.3) is 5.91 Å². The van der Waals surface area contributed by atoms with E-state index in [0.717, 1.165) is 15.4 Å². The van der Waals surface area contributed by atoms with Crippen LogP contribution in [0.15, 0.2) is 23.1 Å². The third-order valence-corrected chi connectivity index (χ3v) is 2.53. The number of nitrogens with two attached hydrogens (primary N) is 1. The number of amides is 1. The predicted octanol–water partition coefficient (Wildman–Crippen LogP) is 0.929. The first-order valence-corrected chi connectivity index (χ1v) is 4.65. The molecule has 5 nitrogen and oxygen atoms in total. The normalized spacial score (nSPS) is 10.4. The van der Waals surface area contributed by atoms with Crippen LogP contribution in [0.4, 0.5) is 0 Å². The molecule has 2 aromatic rings. The van der Waals surface area contributed by atoms with Gasteiger partial charge in [-0.05, 0) is 15.9 Å². The number of carbonyl (C=O) groups is 1.